The van der Waals surface area contributed by atoms with E-state index in [4.69, 9.17) is 9.47 Å². The van der Waals surface area contributed by atoms with Gasteiger partial charge in [-0.1, -0.05) is 6.58 Å². The molecule has 0 radical (unpaired) electrons. The summed E-state index contributed by atoms with van der Waals surface area (Å²) in [5, 5.41) is 2.68. The lowest BCUT2D eigenvalue weighted by atomic mass is 9.73. The van der Waals surface area contributed by atoms with E-state index in [-0.39, 0.29) is 18.8 Å². The first kappa shape index (κ1) is 15.4. The van der Waals surface area contributed by atoms with Crippen LogP contribution in [0.2, 0.25) is 0 Å². The number of alkyl carbamates (subject to hydrolysis) is 1. The van der Waals surface area contributed by atoms with Gasteiger partial charge in [-0.25, -0.2) is 9.59 Å². The zero-order valence-corrected chi connectivity index (χ0v) is 13.4. The number of ether oxygens (including phenoxy) is 2. The molecule has 5 unspecified atom stereocenters. The molecular formula is C17H25NO4. The molecule has 22 heavy (non-hydrogen) atoms. The number of nitrogens with one attached hydrogen (secondary N) is 1. The Morgan fingerprint density at radius 1 is 1.27 bits per heavy atom. The number of hydrogen-bond donors (Lipinski definition) is 1. The molecule has 4 saturated carbocycles. The van der Waals surface area contributed by atoms with Crippen LogP contribution >= 0.6 is 0 Å². The van der Waals surface area contributed by atoms with Gasteiger partial charge in [-0.3, -0.25) is 0 Å². The summed E-state index contributed by atoms with van der Waals surface area (Å²) in [7, 11) is 0. The third-order valence-electron chi connectivity index (χ3n) is 5.81. The quantitative estimate of drug-likeness (QED) is 0.482. The number of carbonyl (C=O) groups excluding carboxylic acids is 2. The lowest BCUT2D eigenvalue weighted by Crippen LogP contribution is -2.47. The van der Waals surface area contributed by atoms with Crippen molar-refractivity contribution < 1.29 is 19.1 Å². The van der Waals surface area contributed by atoms with E-state index in [1.54, 1.807) is 6.92 Å². The highest BCUT2D eigenvalue weighted by Crippen LogP contribution is 2.63. The number of amides is 1. The molecule has 4 aliphatic rings. The van der Waals surface area contributed by atoms with Crippen LogP contribution in [0.25, 0.3) is 0 Å². The SMILES string of the molecule is C=C(C)C(=O)OCCNC(=O)OC1(C)C2CC3CC(C2)C1C3. The largest absolute Gasteiger partial charge is 0.460 e. The van der Waals surface area contributed by atoms with Crippen molar-refractivity contribution in [1.29, 1.82) is 0 Å². The normalized spacial score (nSPS) is 37.9. The molecular weight excluding hydrogens is 282 g/mol. The molecule has 122 valence electrons. The Labute approximate surface area is 131 Å². The molecule has 5 nitrogen and oxygen atoms in total. The van der Waals surface area contributed by atoms with Crippen LogP contribution in [-0.4, -0.2) is 30.8 Å². The van der Waals surface area contributed by atoms with E-state index >= 15 is 0 Å². The van der Waals surface area contributed by atoms with Gasteiger partial charge >= 0.3 is 12.1 Å². The second-order valence-corrected chi connectivity index (χ2v) is 7.29. The average molecular weight is 307 g/mol. The van der Waals surface area contributed by atoms with Crippen molar-refractivity contribution in [3.8, 4) is 0 Å². The summed E-state index contributed by atoms with van der Waals surface area (Å²) in [5.74, 6) is 2.21. The van der Waals surface area contributed by atoms with Gasteiger partial charge in [0.2, 0.25) is 0 Å². The van der Waals surface area contributed by atoms with E-state index in [0.717, 1.165) is 11.8 Å². The molecule has 4 bridgehead atoms. The maximum atomic E-state index is 12.0. The minimum atomic E-state index is -0.438. The van der Waals surface area contributed by atoms with Gasteiger partial charge in [0.15, 0.2) is 0 Å². The Balaban J connectivity index is 1.44. The number of carbonyl (C=O) groups is 2. The Morgan fingerprint density at radius 2 is 2.05 bits per heavy atom. The van der Waals surface area contributed by atoms with Gasteiger partial charge in [0, 0.05) is 11.5 Å². The minimum Gasteiger partial charge on any atom is -0.460 e. The Hall–Kier alpha value is -1.52. The molecule has 4 fully saturated rings. The van der Waals surface area contributed by atoms with Crippen molar-refractivity contribution in [1.82, 2.24) is 5.32 Å². The summed E-state index contributed by atoms with van der Waals surface area (Å²) in [5.41, 5.74) is 0.0451. The minimum absolute atomic E-state index is 0.134. The van der Waals surface area contributed by atoms with Crippen LogP contribution in [0.15, 0.2) is 12.2 Å². The smallest absolute Gasteiger partial charge is 0.407 e. The maximum absolute atomic E-state index is 12.0. The van der Waals surface area contributed by atoms with Gasteiger partial charge in [0.25, 0.3) is 0 Å². The van der Waals surface area contributed by atoms with E-state index in [1.807, 2.05) is 0 Å². The van der Waals surface area contributed by atoms with Crippen LogP contribution in [0, 0.1) is 23.7 Å². The summed E-state index contributed by atoms with van der Waals surface area (Å²) < 4.78 is 10.7. The third-order valence-corrected chi connectivity index (χ3v) is 5.81. The van der Waals surface area contributed by atoms with Crippen LogP contribution < -0.4 is 5.32 Å². The Kier molecular flexibility index (Phi) is 3.91. The molecule has 4 rings (SSSR count). The predicted octanol–water partition coefficient (Wildman–Crippen LogP) is 2.66. The molecule has 0 aromatic rings. The number of hydrogen-bond acceptors (Lipinski definition) is 4. The summed E-state index contributed by atoms with van der Waals surface area (Å²) >= 11 is 0. The molecule has 0 aromatic heterocycles. The van der Waals surface area contributed by atoms with E-state index in [0.29, 0.717) is 17.4 Å². The van der Waals surface area contributed by atoms with Crippen molar-refractivity contribution in [3.63, 3.8) is 0 Å². The lowest BCUT2D eigenvalue weighted by molar-refractivity contribution is -0.138. The van der Waals surface area contributed by atoms with Crippen molar-refractivity contribution in [2.45, 2.75) is 45.1 Å². The molecule has 1 N–H and O–H groups in total. The van der Waals surface area contributed by atoms with Gasteiger partial charge in [0.05, 0.1) is 6.54 Å². The topological polar surface area (TPSA) is 64.6 Å². The van der Waals surface area contributed by atoms with E-state index in [9.17, 15) is 9.59 Å². The van der Waals surface area contributed by atoms with Gasteiger partial charge in [0.1, 0.15) is 12.2 Å². The van der Waals surface area contributed by atoms with Crippen LogP contribution in [0.3, 0.4) is 0 Å². The molecule has 0 saturated heterocycles. The highest BCUT2D eigenvalue weighted by Gasteiger charge is 2.62. The fourth-order valence-electron chi connectivity index (χ4n) is 4.84. The molecule has 1 amide bonds. The summed E-state index contributed by atoms with van der Waals surface area (Å²) in [6.45, 7) is 7.59. The standard InChI is InChI=1S/C17H25NO4/c1-10(2)15(19)21-5-4-18-16(20)22-17(3)13-7-11-6-12(9-13)14(17)8-11/h11-14H,1,4-9H2,2-3H3,(H,18,20). The van der Waals surface area contributed by atoms with Crippen LogP contribution in [-0.2, 0) is 14.3 Å². The van der Waals surface area contributed by atoms with Gasteiger partial charge in [-0.15, -0.1) is 0 Å². The second-order valence-electron chi connectivity index (χ2n) is 7.29. The average Bonchev–Trinajstić information content (AvgIpc) is 2.84. The molecule has 0 spiro atoms. The van der Waals surface area contributed by atoms with Crippen molar-refractivity contribution in [2.75, 3.05) is 13.2 Å². The first-order chi connectivity index (χ1) is 10.4. The van der Waals surface area contributed by atoms with Crippen LogP contribution in [0.1, 0.15) is 39.5 Å². The molecule has 5 atom stereocenters. The lowest BCUT2D eigenvalue weighted by Gasteiger charge is -2.40. The van der Waals surface area contributed by atoms with Crippen LogP contribution in [0.5, 0.6) is 0 Å². The Morgan fingerprint density at radius 3 is 2.73 bits per heavy atom. The summed E-state index contributed by atoms with van der Waals surface area (Å²) in [6, 6.07) is 0. The van der Waals surface area contributed by atoms with Gasteiger partial charge in [-0.2, -0.15) is 0 Å². The molecule has 0 heterocycles. The summed E-state index contributed by atoms with van der Waals surface area (Å²) in [4.78, 5) is 23.3. The van der Waals surface area contributed by atoms with Gasteiger partial charge in [-0.05, 0) is 57.3 Å². The number of esters is 1. The zero-order chi connectivity index (χ0) is 15.9. The molecule has 0 aromatic carbocycles. The van der Waals surface area contributed by atoms with Crippen molar-refractivity contribution in [3.05, 3.63) is 12.2 Å². The summed E-state index contributed by atoms with van der Waals surface area (Å²) in [6.07, 6.45) is 4.54. The van der Waals surface area contributed by atoms with E-state index in [1.165, 1.54) is 25.7 Å². The number of rotatable bonds is 5. The fraction of sp³-hybridized carbons (Fsp3) is 0.765. The fourth-order valence-corrected chi connectivity index (χ4v) is 4.84. The van der Waals surface area contributed by atoms with Crippen LogP contribution in [0.4, 0.5) is 4.79 Å². The third kappa shape index (κ3) is 2.61. The zero-order valence-electron chi connectivity index (χ0n) is 13.4. The monoisotopic (exact) mass is 307 g/mol. The Bertz CT molecular complexity index is 499. The predicted molar refractivity (Wildman–Crippen MR) is 81.1 cm³/mol. The first-order valence-corrected chi connectivity index (χ1v) is 8.19. The molecule has 5 heteroatoms. The second kappa shape index (κ2) is 5.60. The van der Waals surface area contributed by atoms with E-state index < -0.39 is 12.1 Å². The molecule has 4 aliphatic carbocycles. The molecule has 0 aliphatic heterocycles. The first-order valence-electron chi connectivity index (χ1n) is 8.19. The van der Waals surface area contributed by atoms with Crippen molar-refractivity contribution in [2.24, 2.45) is 23.7 Å². The van der Waals surface area contributed by atoms with Gasteiger partial charge < -0.3 is 14.8 Å². The van der Waals surface area contributed by atoms with E-state index in [2.05, 4.69) is 18.8 Å². The highest BCUT2D eigenvalue weighted by molar-refractivity contribution is 5.86. The maximum Gasteiger partial charge on any atom is 0.407 e. The highest BCUT2D eigenvalue weighted by atomic mass is 16.6. The van der Waals surface area contributed by atoms with Crippen molar-refractivity contribution >= 4 is 12.1 Å².